The molecule has 1 saturated heterocycles. The summed E-state index contributed by atoms with van der Waals surface area (Å²) in [4.78, 5) is 14.0. The van der Waals surface area contributed by atoms with Crippen LogP contribution in [0.2, 0.25) is 0 Å². The van der Waals surface area contributed by atoms with E-state index >= 15 is 0 Å². The van der Waals surface area contributed by atoms with Crippen molar-refractivity contribution >= 4 is 5.91 Å². The van der Waals surface area contributed by atoms with E-state index in [1.807, 2.05) is 0 Å². The van der Waals surface area contributed by atoms with E-state index in [1.165, 1.54) is 0 Å². The Kier molecular flexibility index (Phi) is 4.23. The highest BCUT2D eigenvalue weighted by Gasteiger charge is 2.44. The Morgan fingerprint density at radius 1 is 1.30 bits per heavy atom. The van der Waals surface area contributed by atoms with Gasteiger partial charge in [-0.3, -0.25) is 4.79 Å². The van der Waals surface area contributed by atoms with Gasteiger partial charge in [-0.15, -0.1) is 0 Å². The lowest BCUT2D eigenvalue weighted by molar-refractivity contribution is -0.222. The summed E-state index contributed by atoms with van der Waals surface area (Å²) in [6, 6.07) is 5.24. The maximum absolute atomic E-state index is 12.5. The van der Waals surface area contributed by atoms with Crippen LogP contribution in [0.1, 0.15) is 28.8 Å². The fraction of sp³-hybridized carbons (Fsp3) is 0.562. The van der Waals surface area contributed by atoms with E-state index < -0.39 is 18.2 Å². The summed E-state index contributed by atoms with van der Waals surface area (Å²) in [5.41, 5.74) is 1.52. The zero-order valence-corrected chi connectivity index (χ0v) is 12.5. The number of alkyl halides is 3. The molecule has 0 aliphatic carbocycles. The molecule has 2 aliphatic heterocycles. The third-order valence-electron chi connectivity index (χ3n) is 4.55. The van der Waals surface area contributed by atoms with Crippen molar-refractivity contribution in [2.45, 2.75) is 31.5 Å². The van der Waals surface area contributed by atoms with Crippen molar-refractivity contribution in [2.24, 2.45) is 5.92 Å². The molecule has 0 aromatic heterocycles. The zero-order chi connectivity index (χ0) is 16.6. The van der Waals surface area contributed by atoms with Crippen LogP contribution >= 0.6 is 0 Å². The Balaban J connectivity index is 1.62. The summed E-state index contributed by atoms with van der Waals surface area (Å²) < 4.78 is 43.0. The lowest BCUT2D eigenvalue weighted by atomic mass is 9.90. The molecule has 1 N–H and O–H groups in total. The van der Waals surface area contributed by atoms with E-state index in [4.69, 9.17) is 4.74 Å². The summed E-state index contributed by atoms with van der Waals surface area (Å²) in [6.07, 6.45) is -5.84. The lowest BCUT2D eigenvalue weighted by Gasteiger charge is -2.34. The highest BCUT2D eigenvalue weighted by Crippen LogP contribution is 2.32. The Bertz CT molecular complexity index is 595. The van der Waals surface area contributed by atoms with Crippen LogP contribution in [0.5, 0.6) is 5.75 Å². The number of piperidine rings is 1. The molecule has 1 atom stereocenters. The lowest BCUT2D eigenvalue weighted by Crippen LogP contribution is -2.45. The summed E-state index contributed by atoms with van der Waals surface area (Å²) in [5.74, 6) is -0.235. The molecule has 2 heterocycles. The molecule has 2 aliphatic rings. The van der Waals surface area contributed by atoms with E-state index in [0.717, 1.165) is 17.7 Å². The van der Waals surface area contributed by atoms with Crippen LogP contribution in [-0.2, 0) is 6.42 Å². The van der Waals surface area contributed by atoms with E-state index in [-0.39, 0.29) is 31.8 Å². The number of aliphatic hydroxyl groups excluding tert-OH is 1. The smallest absolute Gasteiger partial charge is 0.414 e. The van der Waals surface area contributed by atoms with Crippen LogP contribution in [0.4, 0.5) is 13.2 Å². The van der Waals surface area contributed by atoms with Gasteiger partial charge in [0.2, 0.25) is 0 Å². The van der Waals surface area contributed by atoms with Gasteiger partial charge in [0.05, 0.1) is 6.61 Å². The first kappa shape index (κ1) is 16.1. The van der Waals surface area contributed by atoms with Crippen molar-refractivity contribution in [1.29, 1.82) is 0 Å². The maximum Gasteiger partial charge on any atom is 0.414 e. The van der Waals surface area contributed by atoms with Gasteiger partial charge in [0.25, 0.3) is 5.91 Å². The van der Waals surface area contributed by atoms with Crippen LogP contribution in [0.25, 0.3) is 0 Å². The fourth-order valence-corrected chi connectivity index (χ4v) is 3.19. The minimum Gasteiger partial charge on any atom is -0.493 e. The second-order valence-electron chi connectivity index (χ2n) is 6.04. The Labute approximate surface area is 131 Å². The van der Waals surface area contributed by atoms with Crippen molar-refractivity contribution in [3.05, 3.63) is 29.3 Å². The number of nitrogens with zero attached hydrogens (tertiary/aromatic N) is 1. The van der Waals surface area contributed by atoms with Gasteiger partial charge < -0.3 is 14.7 Å². The number of carbonyl (C=O) groups excluding carboxylic acids is 1. The molecule has 7 heteroatoms. The van der Waals surface area contributed by atoms with Crippen LogP contribution in [0, 0.1) is 5.92 Å². The molecular formula is C16H18F3NO3. The number of benzene rings is 1. The summed E-state index contributed by atoms with van der Waals surface area (Å²) >= 11 is 0. The molecule has 1 aromatic carbocycles. The van der Waals surface area contributed by atoms with Gasteiger partial charge in [0.1, 0.15) is 5.75 Å². The Morgan fingerprint density at radius 2 is 2.00 bits per heavy atom. The molecule has 23 heavy (non-hydrogen) atoms. The number of hydrogen-bond acceptors (Lipinski definition) is 3. The summed E-state index contributed by atoms with van der Waals surface area (Å²) in [6.45, 7) is 1.06. The minimum atomic E-state index is -4.60. The minimum absolute atomic E-state index is 0.153. The molecule has 0 radical (unpaired) electrons. The third kappa shape index (κ3) is 3.29. The van der Waals surface area contributed by atoms with Crippen molar-refractivity contribution in [3.8, 4) is 5.75 Å². The largest absolute Gasteiger partial charge is 0.493 e. The second kappa shape index (κ2) is 6.03. The van der Waals surface area contributed by atoms with Crippen LogP contribution in [0.3, 0.4) is 0 Å². The van der Waals surface area contributed by atoms with E-state index in [2.05, 4.69) is 0 Å². The average Bonchev–Trinajstić information content (AvgIpc) is 3.00. The maximum atomic E-state index is 12.5. The molecule has 1 amide bonds. The van der Waals surface area contributed by atoms with Gasteiger partial charge in [-0.05, 0) is 42.5 Å². The summed E-state index contributed by atoms with van der Waals surface area (Å²) in [5, 5.41) is 9.32. The predicted molar refractivity (Wildman–Crippen MR) is 76.3 cm³/mol. The molecule has 3 rings (SSSR count). The first-order valence-corrected chi connectivity index (χ1v) is 7.66. The topological polar surface area (TPSA) is 49.8 Å². The number of halogens is 3. The zero-order valence-electron chi connectivity index (χ0n) is 12.5. The van der Waals surface area contributed by atoms with Gasteiger partial charge in [-0.1, -0.05) is 0 Å². The highest BCUT2D eigenvalue weighted by atomic mass is 19.4. The molecule has 4 nitrogen and oxygen atoms in total. The summed E-state index contributed by atoms with van der Waals surface area (Å²) in [7, 11) is 0. The Hall–Kier alpha value is -1.76. The fourth-order valence-electron chi connectivity index (χ4n) is 3.19. The van der Waals surface area contributed by atoms with Gasteiger partial charge in [0.15, 0.2) is 6.10 Å². The van der Waals surface area contributed by atoms with Gasteiger partial charge >= 0.3 is 6.18 Å². The van der Waals surface area contributed by atoms with Crippen LogP contribution < -0.4 is 4.74 Å². The number of amides is 1. The van der Waals surface area contributed by atoms with Gasteiger partial charge in [-0.2, -0.15) is 13.2 Å². The predicted octanol–water partition coefficient (Wildman–Crippen LogP) is 2.40. The highest BCUT2D eigenvalue weighted by molar-refractivity contribution is 5.94. The van der Waals surface area contributed by atoms with E-state index in [9.17, 15) is 23.1 Å². The van der Waals surface area contributed by atoms with Crippen molar-refractivity contribution in [2.75, 3.05) is 19.7 Å². The van der Waals surface area contributed by atoms with Crippen LogP contribution in [0.15, 0.2) is 18.2 Å². The molecule has 1 unspecified atom stereocenters. The number of likely N-dealkylation sites (tertiary alicyclic amines) is 1. The molecule has 126 valence electrons. The number of carbonyl (C=O) groups is 1. The number of rotatable bonds is 2. The van der Waals surface area contributed by atoms with Crippen molar-refractivity contribution in [1.82, 2.24) is 4.90 Å². The van der Waals surface area contributed by atoms with E-state index in [0.29, 0.717) is 12.2 Å². The quantitative estimate of drug-likeness (QED) is 0.906. The molecule has 0 saturated carbocycles. The first-order valence-electron chi connectivity index (χ1n) is 7.66. The van der Waals surface area contributed by atoms with Crippen molar-refractivity contribution < 1.29 is 27.8 Å². The van der Waals surface area contributed by atoms with Gasteiger partial charge in [0, 0.05) is 25.1 Å². The molecule has 0 spiro atoms. The third-order valence-corrected chi connectivity index (χ3v) is 4.55. The van der Waals surface area contributed by atoms with E-state index in [1.54, 1.807) is 23.1 Å². The normalized spacial score (nSPS) is 20.1. The number of fused-ring (bicyclic) bond motifs is 1. The SMILES string of the molecule is O=C(c1ccc2c(c1)CCO2)N1CCC(C(O)C(F)(F)F)CC1. The average molecular weight is 329 g/mol. The number of ether oxygens (including phenoxy) is 1. The Morgan fingerprint density at radius 3 is 2.65 bits per heavy atom. The molecule has 1 aromatic rings. The number of aliphatic hydroxyl groups is 1. The standard InChI is InChI=1S/C16H18F3NO3/c17-16(18,19)14(21)10-3-6-20(7-4-10)15(22)12-1-2-13-11(9-12)5-8-23-13/h1-2,9-10,14,21H,3-8H2. The molecule has 1 fully saturated rings. The number of hydrogen-bond donors (Lipinski definition) is 1. The molecular weight excluding hydrogens is 311 g/mol. The first-order chi connectivity index (χ1) is 10.9. The molecule has 0 bridgehead atoms. The van der Waals surface area contributed by atoms with Gasteiger partial charge in [-0.25, -0.2) is 0 Å². The second-order valence-corrected chi connectivity index (χ2v) is 6.04. The van der Waals surface area contributed by atoms with Crippen molar-refractivity contribution in [3.63, 3.8) is 0 Å². The van der Waals surface area contributed by atoms with Crippen LogP contribution in [-0.4, -0.2) is 47.9 Å². The monoisotopic (exact) mass is 329 g/mol.